The van der Waals surface area contributed by atoms with Crippen molar-refractivity contribution >= 4 is 11.4 Å². The van der Waals surface area contributed by atoms with Crippen LogP contribution >= 0.6 is 0 Å². The minimum absolute atomic E-state index is 0.563. The van der Waals surface area contributed by atoms with Gasteiger partial charge in [0.05, 0.1) is 5.56 Å². The minimum atomic E-state index is 0.563. The van der Waals surface area contributed by atoms with Gasteiger partial charge in [-0.15, -0.1) is 0 Å². The van der Waals surface area contributed by atoms with Gasteiger partial charge in [-0.25, -0.2) is 0 Å². The number of hydrogen-bond donors (Lipinski definition) is 1. The zero-order valence-corrected chi connectivity index (χ0v) is 8.90. The van der Waals surface area contributed by atoms with Crippen molar-refractivity contribution in [3.8, 4) is 6.07 Å². The van der Waals surface area contributed by atoms with E-state index in [1.807, 2.05) is 18.2 Å². The van der Waals surface area contributed by atoms with E-state index < -0.39 is 0 Å². The van der Waals surface area contributed by atoms with Crippen LogP contribution in [0, 0.1) is 11.3 Å². The summed E-state index contributed by atoms with van der Waals surface area (Å²) < 4.78 is 0. The maximum absolute atomic E-state index is 8.90. The number of hydrogen-bond acceptors (Lipinski definition) is 3. The highest BCUT2D eigenvalue weighted by atomic mass is 15.2. The van der Waals surface area contributed by atoms with Gasteiger partial charge in [-0.1, -0.05) is 0 Å². The largest absolute Gasteiger partial charge is 0.398 e. The van der Waals surface area contributed by atoms with Gasteiger partial charge in [0.15, 0.2) is 0 Å². The van der Waals surface area contributed by atoms with Crippen molar-refractivity contribution in [2.45, 2.75) is 25.8 Å². The summed E-state index contributed by atoms with van der Waals surface area (Å²) in [4.78, 5) is 2.33. The monoisotopic (exact) mass is 201 g/mol. The average Bonchev–Trinajstić information content (AvgIpc) is 2.65. The van der Waals surface area contributed by atoms with E-state index in [9.17, 15) is 0 Å². The molecule has 3 nitrogen and oxygen atoms in total. The highest BCUT2D eigenvalue weighted by Gasteiger charge is 2.20. The number of nitrogens with two attached hydrogens (primary N) is 1. The summed E-state index contributed by atoms with van der Waals surface area (Å²) in [7, 11) is 0. The molecule has 1 fully saturated rings. The Bertz CT molecular complexity index is 406. The topological polar surface area (TPSA) is 53.0 Å². The first-order chi connectivity index (χ1) is 7.22. The highest BCUT2D eigenvalue weighted by Crippen LogP contribution is 2.27. The van der Waals surface area contributed by atoms with Gasteiger partial charge in [-0.3, -0.25) is 0 Å². The van der Waals surface area contributed by atoms with Crippen molar-refractivity contribution < 1.29 is 0 Å². The molecule has 3 heteroatoms. The third-order valence-electron chi connectivity index (χ3n) is 3.04. The normalized spacial score (nSPS) is 20.3. The molecular formula is C12H15N3. The molecule has 1 saturated heterocycles. The van der Waals surface area contributed by atoms with Gasteiger partial charge in [-0.05, 0) is 38.0 Å². The number of benzene rings is 1. The molecule has 1 aromatic rings. The predicted octanol–water partition coefficient (Wildman–Crippen LogP) is 2.13. The van der Waals surface area contributed by atoms with Crippen LogP contribution in [-0.4, -0.2) is 12.6 Å². The van der Waals surface area contributed by atoms with Crippen LogP contribution in [0.1, 0.15) is 25.3 Å². The molecular weight excluding hydrogens is 186 g/mol. The average molecular weight is 201 g/mol. The molecule has 1 aliphatic heterocycles. The Labute approximate surface area is 90.1 Å². The fourth-order valence-electron chi connectivity index (χ4n) is 2.14. The highest BCUT2D eigenvalue weighted by molar-refractivity contribution is 5.63. The van der Waals surface area contributed by atoms with Gasteiger partial charge in [-0.2, -0.15) is 5.26 Å². The number of nitrogen functional groups attached to an aromatic ring is 1. The Morgan fingerprint density at radius 3 is 2.93 bits per heavy atom. The summed E-state index contributed by atoms with van der Waals surface area (Å²) in [5.74, 6) is 0. The molecule has 2 N–H and O–H groups in total. The standard InChI is InChI=1S/C12H15N3/c1-9-3-2-6-15(9)11-4-5-12(14)10(7-11)8-13/h4-5,7,9H,2-3,6,14H2,1H3. The summed E-state index contributed by atoms with van der Waals surface area (Å²) in [6, 6.07) is 8.39. The smallest absolute Gasteiger partial charge is 0.101 e. The van der Waals surface area contributed by atoms with Crippen LogP contribution in [0.3, 0.4) is 0 Å². The molecule has 1 atom stereocenters. The summed E-state index contributed by atoms with van der Waals surface area (Å²) in [5.41, 5.74) is 7.95. The molecule has 1 aromatic carbocycles. The van der Waals surface area contributed by atoms with E-state index in [1.165, 1.54) is 12.8 Å². The summed E-state index contributed by atoms with van der Waals surface area (Å²) in [5, 5.41) is 8.90. The Morgan fingerprint density at radius 1 is 1.53 bits per heavy atom. The van der Waals surface area contributed by atoms with Crippen molar-refractivity contribution in [3.63, 3.8) is 0 Å². The van der Waals surface area contributed by atoms with Crippen LogP contribution in [0.15, 0.2) is 18.2 Å². The van der Waals surface area contributed by atoms with Crippen molar-refractivity contribution in [2.24, 2.45) is 0 Å². The Hall–Kier alpha value is -1.69. The fourth-order valence-corrected chi connectivity index (χ4v) is 2.14. The fraction of sp³-hybridized carbons (Fsp3) is 0.417. The molecule has 0 aliphatic carbocycles. The molecule has 0 spiro atoms. The van der Waals surface area contributed by atoms with Gasteiger partial charge in [0.25, 0.3) is 0 Å². The van der Waals surface area contributed by atoms with Gasteiger partial charge in [0, 0.05) is 24.0 Å². The van der Waals surface area contributed by atoms with E-state index in [1.54, 1.807) is 0 Å². The van der Waals surface area contributed by atoms with Crippen molar-refractivity contribution in [1.29, 1.82) is 5.26 Å². The van der Waals surface area contributed by atoms with E-state index in [0.717, 1.165) is 12.2 Å². The second-order valence-corrected chi connectivity index (χ2v) is 4.07. The zero-order chi connectivity index (χ0) is 10.8. The molecule has 2 rings (SSSR count). The van der Waals surface area contributed by atoms with Gasteiger partial charge >= 0.3 is 0 Å². The lowest BCUT2D eigenvalue weighted by atomic mass is 10.1. The second-order valence-electron chi connectivity index (χ2n) is 4.07. The third kappa shape index (κ3) is 1.75. The van der Waals surface area contributed by atoms with Crippen LogP contribution in [-0.2, 0) is 0 Å². The Balaban J connectivity index is 2.33. The summed E-state index contributed by atoms with van der Waals surface area (Å²) >= 11 is 0. The lowest BCUT2D eigenvalue weighted by Crippen LogP contribution is -2.26. The predicted molar refractivity (Wildman–Crippen MR) is 61.6 cm³/mol. The molecule has 1 aliphatic rings. The van der Waals surface area contributed by atoms with Gasteiger partial charge in [0.1, 0.15) is 6.07 Å². The van der Waals surface area contributed by atoms with Crippen molar-refractivity contribution in [2.75, 3.05) is 17.2 Å². The number of anilines is 2. The van der Waals surface area contributed by atoms with Crippen LogP contribution in [0.2, 0.25) is 0 Å². The molecule has 0 radical (unpaired) electrons. The van der Waals surface area contributed by atoms with Gasteiger partial charge < -0.3 is 10.6 Å². The first-order valence-electron chi connectivity index (χ1n) is 5.28. The van der Waals surface area contributed by atoms with E-state index in [0.29, 0.717) is 17.3 Å². The minimum Gasteiger partial charge on any atom is -0.398 e. The molecule has 0 amide bonds. The van der Waals surface area contributed by atoms with E-state index in [4.69, 9.17) is 11.0 Å². The van der Waals surface area contributed by atoms with Crippen LogP contribution in [0.4, 0.5) is 11.4 Å². The molecule has 1 heterocycles. The van der Waals surface area contributed by atoms with E-state index in [2.05, 4.69) is 17.9 Å². The molecule has 0 saturated carbocycles. The number of rotatable bonds is 1. The lowest BCUT2D eigenvalue weighted by Gasteiger charge is -2.24. The molecule has 78 valence electrons. The first-order valence-corrected chi connectivity index (χ1v) is 5.28. The summed E-state index contributed by atoms with van der Waals surface area (Å²) in [6.07, 6.45) is 2.46. The molecule has 0 aromatic heterocycles. The third-order valence-corrected chi connectivity index (χ3v) is 3.04. The maximum atomic E-state index is 8.90. The first kappa shape index (κ1) is 9.85. The number of nitrogens with zero attached hydrogens (tertiary/aromatic N) is 2. The van der Waals surface area contributed by atoms with Crippen molar-refractivity contribution in [1.82, 2.24) is 0 Å². The zero-order valence-electron chi connectivity index (χ0n) is 8.90. The van der Waals surface area contributed by atoms with Crippen LogP contribution in [0.25, 0.3) is 0 Å². The summed E-state index contributed by atoms with van der Waals surface area (Å²) in [6.45, 7) is 3.30. The Morgan fingerprint density at radius 2 is 2.33 bits per heavy atom. The van der Waals surface area contributed by atoms with Crippen LogP contribution in [0.5, 0.6) is 0 Å². The van der Waals surface area contributed by atoms with Crippen molar-refractivity contribution in [3.05, 3.63) is 23.8 Å². The number of nitriles is 1. The van der Waals surface area contributed by atoms with E-state index >= 15 is 0 Å². The Kier molecular flexibility index (Phi) is 2.51. The molecule has 15 heavy (non-hydrogen) atoms. The second kappa shape index (κ2) is 3.82. The molecule has 0 bridgehead atoms. The van der Waals surface area contributed by atoms with Gasteiger partial charge in [0.2, 0.25) is 0 Å². The SMILES string of the molecule is CC1CCCN1c1ccc(N)c(C#N)c1. The quantitative estimate of drug-likeness (QED) is 0.708. The maximum Gasteiger partial charge on any atom is 0.101 e. The van der Waals surface area contributed by atoms with E-state index in [-0.39, 0.29) is 0 Å². The molecule has 1 unspecified atom stereocenters. The van der Waals surface area contributed by atoms with Crippen LogP contribution < -0.4 is 10.6 Å². The lowest BCUT2D eigenvalue weighted by molar-refractivity contribution is 0.735.